The number of nitrogens with one attached hydrogen (secondary N) is 1. The summed E-state index contributed by atoms with van der Waals surface area (Å²) < 4.78 is 15.1. The Kier molecular flexibility index (Phi) is 4.14. The first-order valence-corrected chi connectivity index (χ1v) is 7.22. The van der Waals surface area contributed by atoms with Gasteiger partial charge >= 0.3 is 0 Å². The number of rotatable bonds is 4. The Morgan fingerprint density at radius 1 is 1.30 bits per heavy atom. The van der Waals surface area contributed by atoms with Gasteiger partial charge in [0, 0.05) is 18.1 Å². The summed E-state index contributed by atoms with van der Waals surface area (Å²) in [6.45, 7) is 1.86. The molecule has 0 aliphatic rings. The first-order valence-electron chi connectivity index (χ1n) is 7.22. The topological polar surface area (TPSA) is 59.8 Å². The van der Waals surface area contributed by atoms with Crippen LogP contribution in [0.4, 0.5) is 10.1 Å². The van der Waals surface area contributed by atoms with Crippen molar-refractivity contribution in [2.45, 2.75) is 13.3 Å². The van der Waals surface area contributed by atoms with Gasteiger partial charge < -0.3 is 5.32 Å². The lowest BCUT2D eigenvalue weighted by Crippen LogP contribution is -2.11. The zero-order valence-electron chi connectivity index (χ0n) is 12.5. The fraction of sp³-hybridized carbons (Fsp3) is 0.118. The molecule has 0 aliphatic carbocycles. The Hall–Kier alpha value is -3.02. The van der Waals surface area contributed by atoms with Gasteiger partial charge in [-0.15, -0.1) is 0 Å². The Labute approximate surface area is 132 Å². The maximum absolute atomic E-state index is 13.5. The smallest absolute Gasteiger partial charge is 0.258 e. The number of amides is 1. The average molecular weight is 310 g/mol. The van der Waals surface area contributed by atoms with Crippen LogP contribution >= 0.6 is 0 Å². The highest BCUT2D eigenvalue weighted by Crippen LogP contribution is 2.16. The SMILES string of the molecule is CCc1cc(NC(=O)c2cnn(-c3cccnc3)c2)ccc1F. The second-order valence-corrected chi connectivity index (χ2v) is 5.00. The lowest BCUT2D eigenvalue weighted by molar-refractivity contribution is 0.102. The standard InChI is InChI=1S/C17H15FN4O/c1-2-12-8-14(5-6-16(12)18)21-17(23)13-9-20-22(11-13)15-4-3-7-19-10-15/h3-11H,2H2,1H3,(H,21,23). The molecule has 5 nitrogen and oxygen atoms in total. The van der Waals surface area contributed by atoms with Crippen LogP contribution in [0.3, 0.4) is 0 Å². The van der Waals surface area contributed by atoms with Crippen molar-refractivity contribution in [2.24, 2.45) is 0 Å². The summed E-state index contributed by atoms with van der Waals surface area (Å²) in [6, 6.07) is 8.17. The highest BCUT2D eigenvalue weighted by atomic mass is 19.1. The fourth-order valence-corrected chi connectivity index (χ4v) is 2.20. The minimum absolute atomic E-state index is 0.269. The second-order valence-electron chi connectivity index (χ2n) is 5.00. The Morgan fingerprint density at radius 3 is 2.91 bits per heavy atom. The maximum Gasteiger partial charge on any atom is 0.258 e. The number of nitrogens with zero attached hydrogens (tertiary/aromatic N) is 3. The van der Waals surface area contributed by atoms with E-state index < -0.39 is 0 Å². The molecule has 1 aromatic carbocycles. The molecule has 0 aliphatic heterocycles. The quantitative estimate of drug-likeness (QED) is 0.805. The summed E-state index contributed by atoms with van der Waals surface area (Å²) in [5.74, 6) is -0.566. The molecule has 0 fully saturated rings. The highest BCUT2D eigenvalue weighted by Gasteiger charge is 2.11. The molecule has 116 valence electrons. The molecule has 1 amide bonds. The fourth-order valence-electron chi connectivity index (χ4n) is 2.20. The Morgan fingerprint density at radius 2 is 2.17 bits per heavy atom. The molecule has 1 N–H and O–H groups in total. The van der Waals surface area contributed by atoms with E-state index in [1.54, 1.807) is 35.4 Å². The molecule has 0 radical (unpaired) electrons. The summed E-state index contributed by atoms with van der Waals surface area (Å²) in [6.07, 6.45) is 6.99. The minimum Gasteiger partial charge on any atom is -0.322 e. The van der Waals surface area contributed by atoms with Crippen LogP contribution in [0.1, 0.15) is 22.8 Å². The number of anilines is 1. The van der Waals surface area contributed by atoms with Gasteiger partial charge in [-0.05, 0) is 42.3 Å². The van der Waals surface area contributed by atoms with Crippen LogP contribution in [0, 0.1) is 5.82 Å². The number of aryl methyl sites for hydroxylation is 1. The van der Waals surface area contributed by atoms with Gasteiger partial charge in [0.2, 0.25) is 0 Å². The molecule has 0 saturated heterocycles. The van der Waals surface area contributed by atoms with E-state index >= 15 is 0 Å². The molecule has 0 spiro atoms. The second kappa shape index (κ2) is 6.39. The number of carbonyl (C=O) groups is 1. The van der Waals surface area contributed by atoms with Crippen molar-refractivity contribution in [3.63, 3.8) is 0 Å². The zero-order chi connectivity index (χ0) is 16.2. The molecule has 3 aromatic rings. The monoisotopic (exact) mass is 310 g/mol. The van der Waals surface area contributed by atoms with E-state index in [1.165, 1.54) is 18.3 Å². The Bertz CT molecular complexity index is 830. The largest absolute Gasteiger partial charge is 0.322 e. The number of halogens is 1. The summed E-state index contributed by atoms with van der Waals surface area (Å²) in [4.78, 5) is 16.3. The number of hydrogen-bond acceptors (Lipinski definition) is 3. The average Bonchev–Trinajstić information content (AvgIpc) is 3.07. The van der Waals surface area contributed by atoms with Crippen molar-refractivity contribution in [3.05, 3.63) is 72.1 Å². The Balaban J connectivity index is 1.78. The van der Waals surface area contributed by atoms with Crippen molar-refractivity contribution < 1.29 is 9.18 Å². The van der Waals surface area contributed by atoms with Crippen LogP contribution in [0.15, 0.2) is 55.1 Å². The van der Waals surface area contributed by atoms with E-state index in [-0.39, 0.29) is 11.7 Å². The van der Waals surface area contributed by atoms with E-state index in [0.29, 0.717) is 23.2 Å². The summed E-state index contributed by atoms with van der Waals surface area (Å²) in [7, 11) is 0. The predicted molar refractivity (Wildman–Crippen MR) is 85.1 cm³/mol. The van der Waals surface area contributed by atoms with Crippen LogP contribution in [0.5, 0.6) is 0 Å². The number of aromatic nitrogens is 3. The van der Waals surface area contributed by atoms with Gasteiger partial charge in [-0.3, -0.25) is 9.78 Å². The van der Waals surface area contributed by atoms with Gasteiger partial charge in [-0.2, -0.15) is 5.10 Å². The number of benzene rings is 1. The van der Waals surface area contributed by atoms with Gasteiger partial charge in [0.25, 0.3) is 5.91 Å². The van der Waals surface area contributed by atoms with E-state index in [9.17, 15) is 9.18 Å². The van der Waals surface area contributed by atoms with E-state index in [1.807, 2.05) is 13.0 Å². The summed E-state index contributed by atoms with van der Waals surface area (Å²) in [5, 5.41) is 6.90. The van der Waals surface area contributed by atoms with Crippen molar-refractivity contribution in [1.82, 2.24) is 14.8 Å². The van der Waals surface area contributed by atoms with Crippen molar-refractivity contribution >= 4 is 11.6 Å². The van der Waals surface area contributed by atoms with E-state index in [4.69, 9.17) is 0 Å². The van der Waals surface area contributed by atoms with Crippen LogP contribution < -0.4 is 5.32 Å². The third kappa shape index (κ3) is 3.26. The molecule has 2 aromatic heterocycles. The molecular formula is C17H15FN4O. The lowest BCUT2D eigenvalue weighted by Gasteiger charge is -2.06. The summed E-state index contributed by atoms with van der Waals surface area (Å²) in [5.41, 5.74) is 2.30. The van der Waals surface area contributed by atoms with Gasteiger partial charge in [-0.25, -0.2) is 9.07 Å². The number of carbonyl (C=O) groups excluding carboxylic acids is 1. The molecule has 23 heavy (non-hydrogen) atoms. The molecule has 2 heterocycles. The minimum atomic E-state index is -0.297. The third-order valence-electron chi connectivity index (χ3n) is 3.44. The third-order valence-corrected chi connectivity index (χ3v) is 3.44. The van der Waals surface area contributed by atoms with Crippen molar-refractivity contribution in [1.29, 1.82) is 0 Å². The van der Waals surface area contributed by atoms with Gasteiger partial charge in [-0.1, -0.05) is 6.92 Å². The van der Waals surface area contributed by atoms with Crippen LogP contribution in [0.25, 0.3) is 5.69 Å². The van der Waals surface area contributed by atoms with Gasteiger partial charge in [0.15, 0.2) is 0 Å². The number of pyridine rings is 1. The first kappa shape index (κ1) is 14.9. The molecular weight excluding hydrogens is 295 g/mol. The molecule has 6 heteroatoms. The summed E-state index contributed by atoms with van der Waals surface area (Å²) >= 11 is 0. The van der Waals surface area contributed by atoms with Crippen molar-refractivity contribution in [2.75, 3.05) is 5.32 Å². The highest BCUT2D eigenvalue weighted by molar-refractivity contribution is 6.04. The molecule has 0 atom stereocenters. The van der Waals surface area contributed by atoms with Crippen LogP contribution in [-0.2, 0) is 6.42 Å². The molecule has 0 bridgehead atoms. The normalized spacial score (nSPS) is 10.5. The number of hydrogen-bond donors (Lipinski definition) is 1. The first-order chi connectivity index (χ1) is 11.2. The molecule has 0 saturated carbocycles. The maximum atomic E-state index is 13.5. The molecule has 0 unspecified atom stereocenters. The van der Waals surface area contributed by atoms with E-state index in [0.717, 1.165) is 5.69 Å². The van der Waals surface area contributed by atoms with Crippen LogP contribution in [-0.4, -0.2) is 20.7 Å². The lowest BCUT2D eigenvalue weighted by atomic mass is 10.1. The van der Waals surface area contributed by atoms with Crippen molar-refractivity contribution in [3.8, 4) is 5.69 Å². The molecule has 3 rings (SSSR count). The van der Waals surface area contributed by atoms with Gasteiger partial charge in [0.05, 0.1) is 23.6 Å². The van der Waals surface area contributed by atoms with Crippen LogP contribution in [0.2, 0.25) is 0 Å². The zero-order valence-corrected chi connectivity index (χ0v) is 12.5. The van der Waals surface area contributed by atoms with E-state index in [2.05, 4.69) is 15.4 Å². The van der Waals surface area contributed by atoms with Gasteiger partial charge in [0.1, 0.15) is 5.82 Å². The predicted octanol–water partition coefficient (Wildman–Crippen LogP) is 3.22.